The Balaban J connectivity index is 1.82. The van der Waals surface area contributed by atoms with E-state index in [2.05, 4.69) is 54.5 Å². The molecule has 0 amide bonds. The van der Waals surface area contributed by atoms with Gasteiger partial charge >= 0.3 is 0 Å². The number of likely N-dealkylation sites (tertiary alicyclic amines) is 1. The summed E-state index contributed by atoms with van der Waals surface area (Å²) >= 11 is 1.92. The number of benzene rings is 1. The Bertz CT molecular complexity index is 573. The van der Waals surface area contributed by atoms with Crippen molar-refractivity contribution in [2.24, 2.45) is 0 Å². The van der Waals surface area contributed by atoms with Gasteiger partial charge in [0, 0.05) is 17.5 Å². The summed E-state index contributed by atoms with van der Waals surface area (Å²) < 4.78 is 0. The van der Waals surface area contributed by atoms with Gasteiger partial charge in [0.2, 0.25) is 0 Å². The van der Waals surface area contributed by atoms with E-state index in [1.807, 2.05) is 11.3 Å². The molecular formula is C19H25NS. The van der Waals surface area contributed by atoms with Gasteiger partial charge in [-0.3, -0.25) is 4.90 Å². The van der Waals surface area contributed by atoms with Crippen LogP contribution in [0.25, 0.3) is 0 Å². The average molecular weight is 299 g/mol. The van der Waals surface area contributed by atoms with Crippen LogP contribution in [0.5, 0.6) is 0 Å². The smallest absolute Gasteiger partial charge is 0.0445 e. The van der Waals surface area contributed by atoms with E-state index < -0.39 is 0 Å². The van der Waals surface area contributed by atoms with Gasteiger partial charge in [-0.25, -0.2) is 0 Å². The topological polar surface area (TPSA) is 3.24 Å². The highest BCUT2D eigenvalue weighted by Crippen LogP contribution is 2.34. The third-order valence-corrected chi connectivity index (χ3v) is 5.58. The van der Waals surface area contributed by atoms with E-state index in [0.717, 1.165) is 6.54 Å². The van der Waals surface area contributed by atoms with Crippen LogP contribution in [-0.4, -0.2) is 11.4 Å². The Morgan fingerprint density at radius 2 is 2.05 bits per heavy atom. The van der Waals surface area contributed by atoms with Gasteiger partial charge in [0.15, 0.2) is 0 Å². The van der Waals surface area contributed by atoms with Crippen molar-refractivity contribution >= 4 is 11.3 Å². The summed E-state index contributed by atoms with van der Waals surface area (Å²) in [5.41, 5.74) is 4.29. The molecule has 0 saturated carbocycles. The maximum Gasteiger partial charge on any atom is 0.0445 e. The summed E-state index contributed by atoms with van der Waals surface area (Å²) in [6, 6.07) is 12.0. The third kappa shape index (κ3) is 3.56. The summed E-state index contributed by atoms with van der Waals surface area (Å²) in [6.07, 6.45) is 5.40. The molecular weight excluding hydrogens is 274 g/mol. The van der Waals surface area contributed by atoms with Crippen LogP contribution in [0.3, 0.4) is 0 Å². The summed E-state index contributed by atoms with van der Waals surface area (Å²) in [5.74, 6) is 0. The van der Waals surface area contributed by atoms with E-state index in [4.69, 9.17) is 0 Å². The van der Waals surface area contributed by atoms with Crippen molar-refractivity contribution in [3.8, 4) is 0 Å². The molecule has 0 aliphatic carbocycles. The van der Waals surface area contributed by atoms with Gasteiger partial charge in [0.05, 0.1) is 0 Å². The minimum atomic E-state index is 0.619. The van der Waals surface area contributed by atoms with Crippen LogP contribution < -0.4 is 0 Å². The number of hydrogen-bond acceptors (Lipinski definition) is 2. The predicted octanol–water partition coefficient (Wildman–Crippen LogP) is 5.48. The molecule has 21 heavy (non-hydrogen) atoms. The molecule has 3 rings (SSSR count). The van der Waals surface area contributed by atoms with Crippen LogP contribution in [0.15, 0.2) is 35.7 Å². The highest BCUT2D eigenvalue weighted by molar-refractivity contribution is 7.10. The lowest BCUT2D eigenvalue weighted by Gasteiger charge is -2.30. The fraction of sp³-hybridized carbons (Fsp3) is 0.474. The van der Waals surface area contributed by atoms with Crippen molar-refractivity contribution in [1.29, 1.82) is 0 Å². The molecule has 1 atom stereocenters. The second kappa shape index (κ2) is 6.76. The standard InChI is InChI=1S/C19H25NS/c1-15-9-10-17(16(2)13-15)14-20-11-5-3-4-7-18(20)19-8-6-12-21-19/h6,8-10,12-13,18H,3-5,7,11,14H2,1-2H3/t18-/m1/s1. The monoisotopic (exact) mass is 299 g/mol. The third-order valence-electron chi connectivity index (χ3n) is 4.61. The van der Waals surface area contributed by atoms with Gasteiger partial charge in [-0.2, -0.15) is 0 Å². The Kier molecular flexibility index (Phi) is 4.77. The molecule has 1 fully saturated rings. The zero-order valence-corrected chi connectivity index (χ0v) is 14.0. The molecule has 1 aliphatic rings. The normalized spacial score (nSPS) is 20.4. The second-order valence-electron chi connectivity index (χ2n) is 6.28. The fourth-order valence-electron chi connectivity index (χ4n) is 3.40. The van der Waals surface area contributed by atoms with E-state index in [1.54, 1.807) is 4.88 Å². The Hall–Kier alpha value is -1.12. The maximum absolute atomic E-state index is 2.70. The predicted molar refractivity (Wildman–Crippen MR) is 91.9 cm³/mol. The van der Waals surface area contributed by atoms with Crippen LogP contribution in [0.2, 0.25) is 0 Å². The fourth-order valence-corrected chi connectivity index (χ4v) is 4.30. The zero-order valence-electron chi connectivity index (χ0n) is 13.1. The van der Waals surface area contributed by atoms with Crippen LogP contribution >= 0.6 is 11.3 Å². The second-order valence-corrected chi connectivity index (χ2v) is 7.26. The van der Waals surface area contributed by atoms with Gasteiger partial charge in [-0.15, -0.1) is 11.3 Å². The molecule has 2 heteroatoms. The number of thiophene rings is 1. The van der Waals surface area contributed by atoms with E-state index in [-0.39, 0.29) is 0 Å². The molecule has 0 N–H and O–H groups in total. The lowest BCUT2D eigenvalue weighted by molar-refractivity contribution is 0.195. The van der Waals surface area contributed by atoms with E-state index in [9.17, 15) is 0 Å². The first kappa shape index (κ1) is 14.8. The van der Waals surface area contributed by atoms with Crippen LogP contribution in [0.4, 0.5) is 0 Å². The molecule has 2 heterocycles. The molecule has 1 nitrogen and oxygen atoms in total. The summed E-state index contributed by atoms with van der Waals surface area (Å²) in [6.45, 7) is 6.75. The highest BCUT2D eigenvalue weighted by atomic mass is 32.1. The molecule has 112 valence electrons. The molecule has 2 aromatic rings. The van der Waals surface area contributed by atoms with Crippen molar-refractivity contribution in [2.45, 2.75) is 52.1 Å². The number of rotatable bonds is 3. The molecule has 1 saturated heterocycles. The first-order valence-electron chi connectivity index (χ1n) is 8.07. The van der Waals surface area contributed by atoms with Crippen molar-refractivity contribution in [3.05, 3.63) is 57.3 Å². The Morgan fingerprint density at radius 1 is 1.14 bits per heavy atom. The van der Waals surface area contributed by atoms with E-state index >= 15 is 0 Å². The summed E-state index contributed by atoms with van der Waals surface area (Å²) in [4.78, 5) is 4.25. The van der Waals surface area contributed by atoms with Crippen molar-refractivity contribution in [1.82, 2.24) is 4.90 Å². The average Bonchev–Trinajstić information content (AvgIpc) is 2.89. The van der Waals surface area contributed by atoms with Gasteiger partial charge in [-0.1, -0.05) is 42.7 Å². The van der Waals surface area contributed by atoms with Crippen LogP contribution in [0, 0.1) is 13.8 Å². The maximum atomic E-state index is 2.70. The highest BCUT2D eigenvalue weighted by Gasteiger charge is 2.23. The van der Waals surface area contributed by atoms with E-state index in [1.165, 1.54) is 48.9 Å². The lowest BCUT2D eigenvalue weighted by Crippen LogP contribution is -2.28. The lowest BCUT2D eigenvalue weighted by atomic mass is 10.0. The number of nitrogens with zero attached hydrogens (tertiary/aromatic N) is 1. The summed E-state index contributed by atoms with van der Waals surface area (Å²) in [7, 11) is 0. The number of aryl methyl sites for hydroxylation is 2. The molecule has 1 aromatic heterocycles. The molecule has 0 unspecified atom stereocenters. The molecule has 0 bridgehead atoms. The van der Waals surface area contributed by atoms with Crippen LogP contribution in [0.1, 0.15) is 53.3 Å². The molecule has 1 aromatic carbocycles. The summed E-state index contributed by atoms with van der Waals surface area (Å²) in [5, 5.41) is 2.22. The van der Waals surface area contributed by atoms with E-state index in [0.29, 0.717) is 6.04 Å². The van der Waals surface area contributed by atoms with Gasteiger partial charge < -0.3 is 0 Å². The minimum absolute atomic E-state index is 0.619. The van der Waals surface area contributed by atoms with Crippen molar-refractivity contribution < 1.29 is 0 Å². The van der Waals surface area contributed by atoms with Gasteiger partial charge in [-0.05, 0) is 55.8 Å². The first-order chi connectivity index (χ1) is 10.2. The number of hydrogen-bond donors (Lipinski definition) is 0. The van der Waals surface area contributed by atoms with Gasteiger partial charge in [0.1, 0.15) is 0 Å². The zero-order chi connectivity index (χ0) is 14.7. The molecule has 1 aliphatic heterocycles. The van der Waals surface area contributed by atoms with Crippen molar-refractivity contribution in [3.63, 3.8) is 0 Å². The minimum Gasteiger partial charge on any atom is -0.291 e. The SMILES string of the molecule is Cc1ccc(CN2CCCCC[C@@H]2c2cccs2)c(C)c1. The molecule has 0 spiro atoms. The first-order valence-corrected chi connectivity index (χ1v) is 8.95. The van der Waals surface area contributed by atoms with Crippen LogP contribution in [-0.2, 0) is 6.54 Å². The quantitative estimate of drug-likeness (QED) is 0.725. The largest absolute Gasteiger partial charge is 0.291 e. The molecule has 0 radical (unpaired) electrons. The van der Waals surface area contributed by atoms with Crippen molar-refractivity contribution in [2.75, 3.05) is 6.54 Å². The Labute approximate surface area is 132 Å². The Morgan fingerprint density at radius 3 is 2.81 bits per heavy atom. The van der Waals surface area contributed by atoms with Gasteiger partial charge in [0.25, 0.3) is 0 Å².